The third-order valence-electron chi connectivity index (χ3n) is 4.28. The molecule has 0 spiro atoms. The van der Waals surface area contributed by atoms with Crippen molar-refractivity contribution in [1.82, 2.24) is 4.98 Å². The number of nitrogens with zero attached hydrogens (tertiary/aromatic N) is 1. The lowest BCUT2D eigenvalue weighted by Crippen LogP contribution is -2.41. The number of pyridine rings is 1. The van der Waals surface area contributed by atoms with Gasteiger partial charge < -0.3 is 14.4 Å². The van der Waals surface area contributed by atoms with Crippen molar-refractivity contribution in [1.29, 1.82) is 0 Å². The second-order valence-electron chi connectivity index (χ2n) is 6.39. The topological polar surface area (TPSA) is 68.7 Å². The third kappa shape index (κ3) is 3.44. The smallest absolute Gasteiger partial charge is 0.457 e. The molecule has 1 aromatic rings. The molecule has 0 saturated carbocycles. The van der Waals surface area contributed by atoms with Gasteiger partial charge in [0, 0.05) is 6.20 Å². The maximum atomic E-state index is 11.1. The van der Waals surface area contributed by atoms with Crippen LogP contribution in [0.25, 0.3) is 0 Å². The van der Waals surface area contributed by atoms with Crippen molar-refractivity contribution in [2.24, 2.45) is 0 Å². The van der Waals surface area contributed by atoms with Crippen LogP contribution in [0.3, 0.4) is 0 Å². The Balaban J connectivity index is 1.91. The molecule has 0 atom stereocenters. The second kappa shape index (κ2) is 5.77. The summed E-state index contributed by atoms with van der Waals surface area (Å²) in [7, 11) is -0.236. The van der Waals surface area contributed by atoms with E-state index in [0.717, 1.165) is 18.3 Å². The molecule has 1 saturated heterocycles. The molecule has 1 aliphatic rings. The molecule has 5 nitrogen and oxygen atoms in total. The highest BCUT2D eigenvalue weighted by Gasteiger charge is 2.50. The van der Waals surface area contributed by atoms with E-state index in [9.17, 15) is 4.79 Å². The molecule has 2 rings (SSSR count). The number of aryl methyl sites for hydroxylation is 1. The van der Waals surface area contributed by atoms with Crippen molar-refractivity contribution in [3.63, 3.8) is 0 Å². The first-order valence-corrected chi connectivity index (χ1v) is 7.26. The summed E-state index contributed by atoms with van der Waals surface area (Å²) in [6.07, 6.45) is 3.68. The second-order valence-corrected chi connectivity index (χ2v) is 6.39. The monoisotopic (exact) mass is 291 g/mol. The molecule has 0 amide bonds. The Morgan fingerprint density at radius 3 is 2.48 bits per heavy atom. The van der Waals surface area contributed by atoms with Gasteiger partial charge in [-0.15, -0.1) is 0 Å². The summed E-state index contributed by atoms with van der Waals surface area (Å²) in [6.45, 7) is 8.10. The largest absolute Gasteiger partial charge is 0.477 e. The Morgan fingerprint density at radius 2 is 1.90 bits per heavy atom. The van der Waals surface area contributed by atoms with E-state index in [1.165, 1.54) is 6.20 Å². The number of rotatable bonds is 5. The van der Waals surface area contributed by atoms with Crippen LogP contribution >= 0.6 is 0 Å². The van der Waals surface area contributed by atoms with E-state index in [4.69, 9.17) is 14.4 Å². The van der Waals surface area contributed by atoms with Gasteiger partial charge in [-0.25, -0.2) is 9.78 Å². The summed E-state index contributed by atoms with van der Waals surface area (Å²) in [5.74, 6) is -0.985. The molecule has 1 aromatic heterocycles. The van der Waals surface area contributed by atoms with Gasteiger partial charge in [-0.3, -0.25) is 0 Å². The Bertz CT molecular complexity index is 514. The summed E-state index contributed by atoms with van der Waals surface area (Å²) in [6, 6.07) is 3.57. The van der Waals surface area contributed by atoms with Crippen molar-refractivity contribution < 1.29 is 19.2 Å². The van der Waals surface area contributed by atoms with E-state index in [1.54, 1.807) is 12.1 Å². The van der Waals surface area contributed by atoms with Gasteiger partial charge in [-0.05, 0) is 52.1 Å². The number of aromatic nitrogens is 1. The summed E-state index contributed by atoms with van der Waals surface area (Å²) >= 11 is 0. The quantitative estimate of drug-likeness (QED) is 0.845. The molecule has 1 N–H and O–H groups in total. The van der Waals surface area contributed by atoms with E-state index < -0.39 is 5.97 Å². The number of carbonyl (C=O) groups is 1. The molecule has 2 heterocycles. The van der Waals surface area contributed by atoms with Crippen LogP contribution in [-0.4, -0.2) is 34.4 Å². The summed E-state index contributed by atoms with van der Waals surface area (Å²) < 4.78 is 11.9. The Labute approximate surface area is 125 Å². The fourth-order valence-corrected chi connectivity index (χ4v) is 2.38. The minimum atomic E-state index is -0.985. The number of hydrogen-bond donors (Lipinski definition) is 1. The van der Waals surface area contributed by atoms with Gasteiger partial charge in [0.05, 0.1) is 11.2 Å². The van der Waals surface area contributed by atoms with Crippen molar-refractivity contribution >= 4 is 13.1 Å². The molecule has 1 aliphatic heterocycles. The predicted octanol–water partition coefficient (Wildman–Crippen LogP) is 2.80. The van der Waals surface area contributed by atoms with E-state index in [1.807, 2.05) is 27.7 Å². The molecule has 114 valence electrons. The highest BCUT2D eigenvalue weighted by molar-refractivity contribution is 6.45. The summed E-state index contributed by atoms with van der Waals surface area (Å²) in [5, 5.41) is 9.10. The molecule has 0 aliphatic carbocycles. The van der Waals surface area contributed by atoms with E-state index in [-0.39, 0.29) is 24.0 Å². The fraction of sp³-hybridized carbons (Fsp3) is 0.600. The van der Waals surface area contributed by atoms with Crippen molar-refractivity contribution in [3.8, 4) is 0 Å². The third-order valence-corrected chi connectivity index (χ3v) is 4.28. The first kappa shape index (κ1) is 16.0. The van der Waals surface area contributed by atoms with Gasteiger partial charge >= 0.3 is 13.1 Å². The molecule has 0 bridgehead atoms. The van der Waals surface area contributed by atoms with Crippen LogP contribution in [0.2, 0.25) is 6.32 Å². The first-order valence-electron chi connectivity index (χ1n) is 7.26. The Kier molecular flexibility index (Phi) is 4.39. The SMILES string of the molecule is CC1(C)OB(CCCc2cccnc2C(=O)O)OC1(C)C. The van der Waals surface area contributed by atoms with Gasteiger partial charge in [0.1, 0.15) is 0 Å². The van der Waals surface area contributed by atoms with Gasteiger partial charge in [0.2, 0.25) is 0 Å². The molecule has 6 heteroatoms. The maximum absolute atomic E-state index is 11.1. The average Bonchev–Trinajstić information content (AvgIpc) is 2.58. The number of carboxylic acids is 1. The molecular formula is C15H22BNO4. The van der Waals surface area contributed by atoms with Gasteiger partial charge in [-0.1, -0.05) is 12.5 Å². The zero-order chi connectivity index (χ0) is 15.7. The zero-order valence-electron chi connectivity index (χ0n) is 13.0. The summed E-state index contributed by atoms with van der Waals surface area (Å²) in [4.78, 5) is 15.0. The normalized spacial score (nSPS) is 19.7. The maximum Gasteiger partial charge on any atom is 0.457 e. The van der Waals surface area contributed by atoms with Crippen molar-refractivity contribution in [2.45, 2.75) is 58.1 Å². The molecule has 0 aromatic carbocycles. The van der Waals surface area contributed by atoms with Crippen LogP contribution in [0.15, 0.2) is 18.3 Å². The van der Waals surface area contributed by atoms with Crippen LogP contribution < -0.4 is 0 Å². The number of carboxylic acid groups (broad SMARTS) is 1. The van der Waals surface area contributed by atoms with Gasteiger partial charge in [-0.2, -0.15) is 0 Å². The van der Waals surface area contributed by atoms with E-state index in [2.05, 4.69) is 4.98 Å². The lowest BCUT2D eigenvalue weighted by atomic mass is 9.81. The highest BCUT2D eigenvalue weighted by atomic mass is 16.7. The van der Waals surface area contributed by atoms with E-state index >= 15 is 0 Å². The lowest BCUT2D eigenvalue weighted by molar-refractivity contribution is 0.00578. The van der Waals surface area contributed by atoms with Crippen molar-refractivity contribution in [2.75, 3.05) is 0 Å². The molecule has 21 heavy (non-hydrogen) atoms. The first-order chi connectivity index (χ1) is 9.73. The predicted molar refractivity (Wildman–Crippen MR) is 80.4 cm³/mol. The lowest BCUT2D eigenvalue weighted by Gasteiger charge is -2.32. The minimum absolute atomic E-state index is 0.131. The number of hydrogen-bond acceptors (Lipinski definition) is 4. The summed E-state index contributed by atoms with van der Waals surface area (Å²) in [5.41, 5.74) is 0.240. The fourth-order valence-electron chi connectivity index (χ4n) is 2.38. The average molecular weight is 291 g/mol. The molecule has 0 unspecified atom stereocenters. The Morgan fingerprint density at radius 1 is 1.29 bits per heavy atom. The van der Waals surface area contributed by atoms with Crippen LogP contribution in [0.1, 0.15) is 50.2 Å². The van der Waals surface area contributed by atoms with Crippen LogP contribution in [0, 0.1) is 0 Å². The highest BCUT2D eigenvalue weighted by Crippen LogP contribution is 2.38. The van der Waals surface area contributed by atoms with Crippen molar-refractivity contribution in [3.05, 3.63) is 29.6 Å². The van der Waals surface area contributed by atoms with Crippen LogP contribution in [-0.2, 0) is 15.7 Å². The molecule has 0 radical (unpaired) electrons. The zero-order valence-corrected chi connectivity index (χ0v) is 13.0. The van der Waals surface area contributed by atoms with Crippen LogP contribution in [0.4, 0.5) is 0 Å². The van der Waals surface area contributed by atoms with Crippen LogP contribution in [0.5, 0.6) is 0 Å². The standard InChI is InChI=1S/C15H22BNO4/c1-14(2)15(3,4)21-16(20-14)9-5-7-11-8-6-10-17-12(11)13(18)19/h6,8,10H,5,7,9H2,1-4H3,(H,18,19). The molecule has 1 fully saturated rings. The molecular weight excluding hydrogens is 269 g/mol. The van der Waals surface area contributed by atoms with E-state index in [0.29, 0.717) is 6.42 Å². The van der Waals surface area contributed by atoms with Gasteiger partial charge in [0.15, 0.2) is 5.69 Å². The Hall–Kier alpha value is -1.40. The van der Waals surface area contributed by atoms with Gasteiger partial charge in [0.25, 0.3) is 0 Å². The number of aromatic carboxylic acids is 1. The minimum Gasteiger partial charge on any atom is -0.477 e.